The average Bonchev–Trinajstić information content (AvgIpc) is 2.53. The summed E-state index contributed by atoms with van der Waals surface area (Å²) in [6.07, 6.45) is -1.55. The predicted octanol–water partition coefficient (Wildman–Crippen LogP) is 1.34. The molecule has 0 radical (unpaired) electrons. The Labute approximate surface area is 148 Å². The van der Waals surface area contributed by atoms with Gasteiger partial charge in [0, 0.05) is 11.1 Å². The highest BCUT2D eigenvalue weighted by atomic mass is 19.3. The van der Waals surface area contributed by atoms with E-state index in [1.54, 1.807) is 0 Å². The molecule has 0 N–H and O–H groups in total. The average molecular weight is 378 g/mol. The summed E-state index contributed by atoms with van der Waals surface area (Å²) in [7, 11) is 0. The van der Waals surface area contributed by atoms with Crippen molar-refractivity contribution in [2.45, 2.75) is 26.2 Å². The van der Waals surface area contributed by atoms with Crippen molar-refractivity contribution in [2.24, 2.45) is 0 Å². The second-order valence-electron chi connectivity index (χ2n) is 5.07. The molecule has 10 heteroatoms. The van der Waals surface area contributed by atoms with Gasteiger partial charge in [0.1, 0.15) is 32.8 Å². The molecule has 0 unspecified atom stereocenters. The number of alkyl halides is 2. The summed E-state index contributed by atoms with van der Waals surface area (Å²) >= 11 is 0. The van der Waals surface area contributed by atoms with Gasteiger partial charge in [-0.3, -0.25) is 4.79 Å². The molecule has 0 amide bonds. The molecule has 0 atom stereocenters. The summed E-state index contributed by atoms with van der Waals surface area (Å²) in [6.45, 7) is 7.56. The summed E-state index contributed by atoms with van der Waals surface area (Å²) in [5.41, 5.74) is 0.220. The van der Waals surface area contributed by atoms with Crippen LogP contribution in [0.15, 0.2) is 24.3 Å². The Bertz CT molecular complexity index is 583. The van der Waals surface area contributed by atoms with Crippen molar-refractivity contribution in [2.75, 3.05) is 26.4 Å². The molecule has 0 aromatic rings. The summed E-state index contributed by atoms with van der Waals surface area (Å²) in [6, 6.07) is 0. The smallest absolute Gasteiger partial charge is 0.377 e. The Morgan fingerprint density at radius 3 is 1.58 bits per heavy atom. The maximum atomic E-state index is 13.5. The van der Waals surface area contributed by atoms with Crippen molar-refractivity contribution in [3.63, 3.8) is 0 Å². The second kappa shape index (κ2) is 11.0. The van der Waals surface area contributed by atoms with Gasteiger partial charge in [-0.15, -0.1) is 0 Å². The third kappa shape index (κ3) is 9.50. The van der Waals surface area contributed by atoms with Crippen molar-refractivity contribution in [3.05, 3.63) is 24.3 Å². The first-order valence-corrected chi connectivity index (χ1v) is 7.33. The van der Waals surface area contributed by atoms with Crippen LogP contribution in [-0.4, -0.2) is 56.2 Å². The number of rotatable bonds is 11. The zero-order valence-electron chi connectivity index (χ0n) is 14.5. The lowest BCUT2D eigenvalue weighted by atomic mass is 10.2. The minimum Gasteiger partial charge on any atom is -0.462 e. The maximum Gasteiger partial charge on any atom is 0.377 e. The van der Waals surface area contributed by atoms with Crippen LogP contribution >= 0.6 is 0 Å². The molecule has 0 rings (SSSR count). The van der Waals surface area contributed by atoms with Gasteiger partial charge in [0.2, 0.25) is 0 Å². The van der Waals surface area contributed by atoms with E-state index in [0.717, 1.165) is 0 Å². The van der Waals surface area contributed by atoms with Crippen LogP contribution in [0.5, 0.6) is 0 Å². The van der Waals surface area contributed by atoms with Gasteiger partial charge in [-0.05, 0) is 13.8 Å². The van der Waals surface area contributed by atoms with E-state index < -0.39 is 56.0 Å². The van der Waals surface area contributed by atoms with E-state index in [4.69, 9.17) is 0 Å². The molecule has 0 aromatic heterocycles. The first-order valence-electron chi connectivity index (χ1n) is 7.33. The molecule has 26 heavy (non-hydrogen) atoms. The molecule has 0 spiro atoms. The Hall–Kier alpha value is -2.78. The van der Waals surface area contributed by atoms with Crippen molar-refractivity contribution < 1.29 is 46.9 Å². The lowest BCUT2D eigenvalue weighted by Gasteiger charge is -2.14. The van der Waals surface area contributed by atoms with Gasteiger partial charge in [-0.1, -0.05) is 13.2 Å². The fourth-order valence-electron chi connectivity index (χ4n) is 1.22. The molecule has 0 saturated carbocycles. The van der Waals surface area contributed by atoms with E-state index in [-0.39, 0.29) is 17.8 Å². The van der Waals surface area contributed by atoms with Gasteiger partial charge in [0.25, 0.3) is 0 Å². The van der Waals surface area contributed by atoms with E-state index in [1.807, 2.05) is 0 Å². The zero-order valence-corrected chi connectivity index (χ0v) is 14.5. The summed E-state index contributed by atoms with van der Waals surface area (Å²) in [5.74, 6) is -8.95. The van der Waals surface area contributed by atoms with E-state index in [0.29, 0.717) is 0 Å². The van der Waals surface area contributed by atoms with Crippen molar-refractivity contribution in [1.29, 1.82) is 0 Å². The Balaban J connectivity index is 4.12. The number of hydrogen-bond acceptors (Lipinski definition) is 8. The summed E-state index contributed by atoms with van der Waals surface area (Å²) in [4.78, 5) is 44.6. The highest BCUT2D eigenvalue weighted by Gasteiger charge is 2.43. The fraction of sp³-hybridized carbons (Fsp3) is 0.500. The van der Waals surface area contributed by atoms with E-state index in [2.05, 4.69) is 32.1 Å². The number of hydrogen-bond donors (Lipinski definition) is 0. The molecule has 0 aliphatic rings. The molecule has 0 fully saturated rings. The molecule has 0 aromatic carbocycles. The standard InChI is InChI=1S/C16H20F2O8/c1-10(2)13(20)24-6-5-23-12(19)9-16(17,18)15(22)26-8-7-25-14(21)11(3)4/h1,3,5-9H2,2,4H3. The van der Waals surface area contributed by atoms with Crippen LogP contribution in [0.25, 0.3) is 0 Å². The number of esters is 4. The maximum absolute atomic E-state index is 13.5. The number of carbonyl (C=O) groups excluding carboxylic acids is 4. The first kappa shape index (κ1) is 23.2. The van der Waals surface area contributed by atoms with Gasteiger partial charge in [0.15, 0.2) is 0 Å². The molecule has 8 nitrogen and oxygen atoms in total. The Kier molecular flexibility index (Phi) is 9.78. The van der Waals surface area contributed by atoms with Crippen molar-refractivity contribution in [3.8, 4) is 0 Å². The number of ether oxygens (including phenoxy) is 4. The van der Waals surface area contributed by atoms with E-state index in [1.165, 1.54) is 13.8 Å². The third-order valence-corrected chi connectivity index (χ3v) is 2.49. The van der Waals surface area contributed by atoms with Gasteiger partial charge in [-0.25, -0.2) is 14.4 Å². The Morgan fingerprint density at radius 2 is 1.15 bits per heavy atom. The number of carbonyl (C=O) groups is 4. The fourth-order valence-corrected chi connectivity index (χ4v) is 1.22. The normalized spacial score (nSPS) is 10.5. The van der Waals surface area contributed by atoms with Crippen molar-refractivity contribution in [1.82, 2.24) is 0 Å². The lowest BCUT2D eigenvalue weighted by Crippen LogP contribution is -2.35. The number of halogens is 2. The summed E-state index contributed by atoms with van der Waals surface area (Å²) < 4.78 is 44.9. The van der Waals surface area contributed by atoms with Crippen LogP contribution in [0, 0.1) is 0 Å². The van der Waals surface area contributed by atoms with Gasteiger partial charge in [-0.2, -0.15) is 8.78 Å². The molecule has 0 aliphatic carbocycles. The molecule has 0 aliphatic heterocycles. The quantitative estimate of drug-likeness (QED) is 0.230. The van der Waals surface area contributed by atoms with E-state index in [9.17, 15) is 28.0 Å². The van der Waals surface area contributed by atoms with Crippen LogP contribution in [0.3, 0.4) is 0 Å². The molecule has 146 valence electrons. The second-order valence-corrected chi connectivity index (χ2v) is 5.07. The van der Waals surface area contributed by atoms with Crippen LogP contribution in [-0.2, 0) is 38.1 Å². The molecule has 0 saturated heterocycles. The molecular weight excluding hydrogens is 358 g/mol. The molecular formula is C16H20F2O8. The molecule has 0 bridgehead atoms. The van der Waals surface area contributed by atoms with Crippen molar-refractivity contribution >= 4 is 23.9 Å². The van der Waals surface area contributed by atoms with Crippen LogP contribution in [0.2, 0.25) is 0 Å². The highest BCUT2D eigenvalue weighted by Crippen LogP contribution is 2.21. The Morgan fingerprint density at radius 1 is 0.769 bits per heavy atom. The van der Waals surface area contributed by atoms with Crippen LogP contribution < -0.4 is 0 Å². The highest BCUT2D eigenvalue weighted by molar-refractivity contribution is 5.87. The SMILES string of the molecule is C=C(C)C(=O)OCCOC(=O)CC(F)(F)C(=O)OCCOC(=O)C(=C)C. The van der Waals surface area contributed by atoms with Gasteiger partial charge < -0.3 is 18.9 Å². The topological polar surface area (TPSA) is 105 Å². The van der Waals surface area contributed by atoms with E-state index >= 15 is 0 Å². The lowest BCUT2D eigenvalue weighted by molar-refractivity contribution is -0.180. The molecule has 0 heterocycles. The monoisotopic (exact) mass is 378 g/mol. The minimum atomic E-state index is -4.12. The van der Waals surface area contributed by atoms with Gasteiger partial charge in [0.05, 0.1) is 0 Å². The third-order valence-electron chi connectivity index (χ3n) is 2.49. The van der Waals surface area contributed by atoms with Gasteiger partial charge >= 0.3 is 29.8 Å². The van der Waals surface area contributed by atoms with Crippen LogP contribution in [0.1, 0.15) is 20.3 Å². The summed E-state index contributed by atoms with van der Waals surface area (Å²) in [5, 5.41) is 0. The van der Waals surface area contributed by atoms with Crippen LogP contribution in [0.4, 0.5) is 8.78 Å². The zero-order chi connectivity index (χ0) is 20.3. The first-order chi connectivity index (χ1) is 12.0. The largest absolute Gasteiger partial charge is 0.462 e. The predicted molar refractivity (Wildman–Crippen MR) is 83.0 cm³/mol. The minimum absolute atomic E-state index is 0.0957.